The Morgan fingerprint density at radius 3 is 2.45 bits per heavy atom. The molecule has 116 valence electrons. The second kappa shape index (κ2) is 8.02. The minimum Gasteiger partial charge on any atom is -0.481 e. The first kappa shape index (κ1) is 15.8. The molecule has 0 radical (unpaired) electrons. The Bertz CT molecular complexity index is 592. The summed E-state index contributed by atoms with van der Waals surface area (Å²) in [5, 5.41) is 8.82. The average Bonchev–Trinajstić information content (AvgIpc) is 3.03. The number of carbonyl (C=O) groups excluding carboxylic acids is 1. The van der Waals surface area contributed by atoms with Gasteiger partial charge in [-0.3, -0.25) is 9.59 Å². The van der Waals surface area contributed by atoms with Gasteiger partial charge in [0.1, 0.15) is 5.76 Å². The van der Waals surface area contributed by atoms with E-state index in [0.717, 1.165) is 5.56 Å². The van der Waals surface area contributed by atoms with Gasteiger partial charge in [0, 0.05) is 13.0 Å². The van der Waals surface area contributed by atoms with E-state index < -0.39 is 5.97 Å². The molecule has 1 aromatic carbocycles. The second-order valence-corrected chi connectivity index (χ2v) is 5.02. The maximum absolute atomic E-state index is 12.3. The van der Waals surface area contributed by atoms with Gasteiger partial charge in [-0.15, -0.1) is 0 Å². The van der Waals surface area contributed by atoms with Crippen LogP contribution in [0.1, 0.15) is 24.2 Å². The van der Waals surface area contributed by atoms with E-state index in [0.29, 0.717) is 25.1 Å². The molecule has 1 heterocycles. The maximum Gasteiger partial charge on any atom is 0.305 e. The van der Waals surface area contributed by atoms with Crippen LogP contribution < -0.4 is 0 Å². The molecule has 0 spiro atoms. The summed E-state index contributed by atoms with van der Waals surface area (Å²) in [5.41, 5.74) is 1.09. The van der Waals surface area contributed by atoms with E-state index in [1.165, 1.54) is 4.90 Å². The lowest BCUT2D eigenvalue weighted by molar-refractivity contribution is -0.138. The van der Waals surface area contributed by atoms with Crippen molar-refractivity contribution in [3.63, 3.8) is 0 Å². The van der Waals surface area contributed by atoms with Crippen molar-refractivity contribution in [2.24, 2.45) is 0 Å². The smallest absolute Gasteiger partial charge is 0.305 e. The number of benzene rings is 1. The van der Waals surface area contributed by atoms with Gasteiger partial charge in [0.15, 0.2) is 0 Å². The van der Waals surface area contributed by atoms with Crippen LogP contribution in [0.5, 0.6) is 0 Å². The normalized spacial score (nSPS) is 10.4. The predicted octanol–water partition coefficient (Wildman–Crippen LogP) is 2.72. The van der Waals surface area contributed by atoms with Crippen LogP contribution in [0.4, 0.5) is 0 Å². The Hall–Kier alpha value is -2.56. The van der Waals surface area contributed by atoms with E-state index >= 15 is 0 Å². The summed E-state index contributed by atoms with van der Waals surface area (Å²) < 4.78 is 5.24. The van der Waals surface area contributed by atoms with E-state index in [1.807, 2.05) is 30.3 Å². The summed E-state index contributed by atoms with van der Waals surface area (Å²) in [6, 6.07) is 13.3. The molecule has 0 aliphatic heterocycles. The average molecular weight is 301 g/mol. The Morgan fingerprint density at radius 2 is 1.82 bits per heavy atom. The molecule has 1 N–H and O–H groups in total. The van der Waals surface area contributed by atoms with Crippen LogP contribution in [0.3, 0.4) is 0 Å². The molecule has 22 heavy (non-hydrogen) atoms. The molecule has 0 bridgehead atoms. The van der Waals surface area contributed by atoms with Gasteiger partial charge in [-0.1, -0.05) is 30.3 Å². The van der Waals surface area contributed by atoms with Gasteiger partial charge in [0.2, 0.25) is 5.91 Å². The van der Waals surface area contributed by atoms with Gasteiger partial charge < -0.3 is 14.4 Å². The highest BCUT2D eigenvalue weighted by Gasteiger charge is 2.16. The number of carboxylic acid groups (broad SMARTS) is 1. The van der Waals surface area contributed by atoms with Gasteiger partial charge >= 0.3 is 5.97 Å². The molecule has 0 saturated carbocycles. The third-order valence-electron chi connectivity index (χ3n) is 3.35. The highest BCUT2D eigenvalue weighted by atomic mass is 16.4. The third-order valence-corrected chi connectivity index (χ3v) is 3.35. The second-order valence-electron chi connectivity index (χ2n) is 5.02. The monoisotopic (exact) mass is 301 g/mol. The van der Waals surface area contributed by atoms with Gasteiger partial charge in [-0.05, 0) is 24.1 Å². The lowest BCUT2D eigenvalue weighted by Gasteiger charge is -2.21. The number of rotatable bonds is 8. The fourth-order valence-electron chi connectivity index (χ4n) is 2.17. The molecule has 0 aliphatic carbocycles. The Morgan fingerprint density at radius 1 is 1.05 bits per heavy atom. The van der Waals surface area contributed by atoms with Gasteiger partial charge in [-0.25, -0.2) is 0 Å². The third kappa shape index (κ3) is 5.09. The molecular weight excluding hydrogens is 282 g/mol. The first-order valence-electron chi connectivity index (χ1n) is 7.21. The number of carboxylic acids is 1. The fraction of sp³-hybridized carbons (Fsp3) is 0.294. The number of aliphatic carboxylic acids is 1. The highest BCUT2D eigenvalue weighted by molar-refractivity contribution is 5.77. The van der Waals surface area contributed by atoms with Crippen LogP contribution >= 0.6 is 0 Å². The molecule has 1 amide bonds. The Labute approximate surface area is 129 Å². The molecule has 5 heteroatoms. The zero-order chi connectivity index (χ0) is 15.8. The van der Waals surface area contributed by atoms with Crippen molar-refractivity contribution in [2.75, 3.05) is 6.54 Å². The minimum atomic E-state index is -0.916. The van der Waals surface area contributed by atoms with Gasteiger partial charge in [0.25, 0.3) is 0 Å². The topological polar surface area (TPSA) is 70.8 Å². The minimum absolute atomic E-state index is 0.0681. The standard InChI is InChI=1S/C17H19NO4/c19-16(9-8-14-5-2-1-3-6-14)18(11-10-17(20)21)13-15-7-4-12-22-15/h1-7,12H,8-11,13H2,(H,20,21). The van der Waals surface area contributed by atoms with Crippen LogP contribution in [0, 0.1) is 0 Å². The molecule has 0 fully saturated rings. The number of aryl methyl sites for hydroxylation is 1. The quantitative estimate of drug-likeness (QED) is 0.814. The summed E-state index contributed by atoms with van der Waals surface area (Å²) in [5.74, 6) is -0.333. The van der Waals surface area contributed by atoms with Crippen molar-refractivity contribution in [3.8, 4) is 0 Å². The number of furan rings is 1. The van der Waals surface area contributed by atoms with Crippen molar-refractivity contribution >= 4 is 11.9 Å². The number of carbonyl (C=O) groups is 2. The van der Waals surface area contributed by atoms with E-state index in [9.17, 15) is 9.59 Å². The van der Waals surface area contributed by atoms with Crippen LogP contribution in [-0.4, -0.2) is 28.4 Å². The van der Waals surface area contributed by atoms with Crippen LogP contribution in [-0.2, 0) is 22.6 Å². The fourth-order valence-corrected chi connectivity index (χ4v) is 2.17. The molecule has 1 aromatic heterocycles. The first-order chi connectivity index (χ1) is 10.6. The lowest BCUT2D eigenvalue weighted by Crippen LogP contribution is -2.32. The highest BCUT2D eigenvalue weighted by Crippen LogP contribution is 2.10. The lowest BCUT2D eigenvalue weighted by atomic mass is 10.1. The zero-order valence-corrected chi connectivity index (χ0v) is 12.3. The van der Waals surface area contributed by atoms with Crippen molar-refractivity contribution in [2.45, 2.75) is 25.8 Å². The van der Waals surface area contributed by atoms with Crippen molar-refractivity contribution < 1.29 is 19.1 Å². The molecule has 5 nitrogen and oxygen atoms in total. The summed E-state index contributed by atoms with van der Waals surface area (Å²) in [6.45, 7) is 0.484. The van der Waals surface area contributed by atoms with E-state index in [-0.39, 0.29) is 18.9 Å². The molecular formula is C17H19NO4. The number of nitrogens with zero attached hydrogens (tertiary/aromatic N) is 1. The Kier molecular flexibility index (Phi) is 5.77. The molecule has 0 saturated heterocycles. The van der Waals surface area contributed by atoms with Crippen molar-refractivity contribution in [3.05, 3.63) is 60.1 Å². The summed E-state index contributed by atoms with van der Waals surface area (Å²) in [7, 11) is 0. The molecule has 0 unspecified atom stereocenters. The molecule has 0 atom stereocenters. The van der Waals surface area contributed by atoms with Crippen LogP contribution in [0.2, 0.25) is 0 Å². The number of amides is 1. The van der Waals surface area contributed by atoms with E-state index in [1.54, 1.807) is 18.4 Å². The van der Waals surface area contributed by atoms with Crippen LogP contribution in [0.15, 0.2) is 53.1 Å². The maximum atomic E-state index is 12.3. The Balaban J connectivity index is 1.93. The van der Waals surface area contributed by atoms with E-state index in [2.05, 4.69) is 0 Å². The van der Waals surface area contributed by atoms with Crippen molar-refractivity contribution in [1.29, 1.82) is 0 Å². The number of hydrogen-bond acceptors (Lipinski definition) is 3. The molecule has 2 aromatic rings. The van der Waals surface area contributed by atoms with Crippen molar-refractivity contribution in [1.82, 2.24) is 4.90 Å². The van der Waals surface area contributed by atoms with Gasteiger partial charge in [-0.2, -0.15) is 0 Å². The number of hydrogen-bond donors (Lipinski definition) is 1. The summed E-state index contributed by atoms with van der Waals surface area (Å²) in [4.78, 5) is 24.6. The zero-order valence-electron chi connectivity index (χ0n) is 12.3. The summed E-state index contributed by atoms with van der Waals surface area (Å²) >= 11 is 0. The van der Waals surface area contributed by atoms with E-state index in [4.69, 9.17) is 9.52 Å². The predicted molar refractivity (Wildman–Crippen MR) is 81.1 cm³/mol. The van der Waals surface area contributed by atoms with Crippen LogP contribution in [0.25, 0.3) is 0 Å². The SMILES string of the molecule is O=C(O)CCN(Cc1ccco1)C(=O)CCc1ccccc1. The molecule has 0 aliphatic rings. The first-order valence-corrected chi connectivity index (χ1v) is 7.21. The molecule has 2 rings (SSSR count). The largest absolute Gasteiger partial charge is 0.481 e. The van der Waals surface area contributed by atoms with Gasteiger partial charge in [0.05, 0.1) is 19.2 Å². The summed E-state index contributed by atoms with van der Waals surface area (Å²) in [6.07, 6.45) is 2.46.